The summed E-state index contributed by atoms with van der Waals surface area (Å²) in [5, 5.41) is 0.101. The summed E-state index contributed by atoms with van der Waals surface area (Å²) in [5.74, 6) is 0.180. The van der Waals surface area contributed by atoms with Gasteiger partial charge in [-0.1, -0.05) is 38.4 Å². The Morgan fingerprint density at radius 2 is 1.88 bits per heavy atom. The van der Waals surface area contributed by atoms with Gasteiger partial charge in [0.15, 0.2) is 0 Å². The SMILES string of the molecule is CC(C)C(C)C(N)c1ccc(Br)c(Cl)c1F. The highest BCUT2D eigenvalue weighted by Gasteiger charge is 2.22. The van der Waals surface area contributed by atoms with Crippen molar-refractivity contribution in [2.75, 3.05) is 0 Å². The molecule has 0 spiro atoms. The zero-order valence-electron chi connectivity index (χ0n) is 9.60. The van der Waals surface area contributed by atoms with Gasteiger partial charge in [0.1, 0.15) is 5.82 Å². The van der Waals surface area contributed by atoms with Crippen LogP contribution in [0.2, 0.25) is 5.02 Å². The molecule has 0 aliphatic carbocycles. The standard InChI is InChI=1S/C12H16BrClFN/c1-6(2)7(3)12(16)8-4-5-9(13)10(14)11(8)15/h4-7,12H,16H2,1-3H3. The highest BCUT2D eigenvalue weighted by atomic mass is 79.9. The highest BCUT2D eigenvalue weighted by molar-refractivity contribution is 9.10. The van der Waals surface area contributed by atoms with Crippen LogP contribution in [0.25, 0.3) is 0 Å². The molecule has 2 N–H and O–H groups in total. The third-order valence-electron chi connectivity index (χ3n) is 3.04. The molecule has 0 amide bonds. The van der Waals surface area contributed by atoms with Crippen molar-refractivity contribution in [3.8, 4) is 0 Å². The van der Waals surface area contributed by atoms with Crippen LogP contribution in [-0.4, -0.2) is 0 Å². The second kappa shape index (κ2) is 5.48. The molecule has 16 heavy (non-hydrogen) atoms. The molecule has 0 aromatic heterocycles. The van der Waals surface area contributed by atoms with Gasteiger partial charge in [-0.2, -0.15) is 0 Å². The maximum atomic E-state index is 13.9. The first kappa shape index (κ1) is 13.9. The molecule has 0 radical (unpaired) electrons. The highest BCUT2D eigenvalue weighted by Crippen LogP contribution is 2.33. The van der Waals surface area contributed by atoms with Crippen molar-refractivity contribution in [2.24, 2.45) is 17.6 Å². The summed E-state index contributed by atoms with van der Waals surface area (Å²) < 4.78 is 14.5. The first-order chi connectivity index (χ1) is 7.36. The fraction of sp³-hybridized carbons (Fsp3) is 0.500. The van der Waals surface area contributed by atoms with Crippen LogP contribution in [0.3, 0.4) is 0 Å². The molecule has 1 rings (SSSR count). The molecule has 0 fully saturated rings. The lowest BCUT2D eigenvalue weighted by Gasteiger charge is -2.24. The van der Waals surface area contributed by atoms with Crippen molar-refractivity contribution in [1.29, 1.82) is 0 Å². The Hall–Kier alpha value is -0.120. The minimum atomic E-state index is -0.420. The van der Waals surface area contributed by atoms with E-state index in [0.29, 0.717) is 16.0 Å². The molecule has 0 bridgehead atoms. The smallest absolute Gasteiger partial charge is 0.147 e. The van der Waals surface area contributed by atoms with Gasteiger partial charge in [-0.05, 0) is 33.8 Å². The monoisotopic (exact) mass is 307 g/mol. The van der Waals surface area contributed by atoms with Crippen molar-refractivity contribution >= 4 is 27.5 Å². The summed E-state index contributed by atoms with van der Waals surface area (Å²) in [7, 11) is 0. The summed E-state index contributed by atoms with van der Waals surface area (Å²) in [4.78, 5) is 0. The Morgan fingerprint density at radius 3 is 2.38 bits per heavy atom. The number of halogens is 3. The topological polar surface area (TPSA) is 26.0 Å². The van der Waals surface area contributed by atoms with Gasteiger partial charge >= 0.3 is 0 Å². The van der Waals surface area contributed by atoms with E-state index < -0.39 is 5.82 Å². The summed E-state index contributed by atoms with van der Waals surface area (Å²) in [6.07, 6.45) is 0. The molecule has 0 saturated heterocycles. The fourth-order valence-corrected chi connectivity index (χ4v) is 1.97. The zero-order valence-corrected chi connectivity index (χ0v) is 11.9. The predicted octanol–water partition coefficient (Wildman–Crippen LogP) is 4.53. The van der Waals surface area contributed by atoms with E-state index in [1.165, 1.54) is 0 Å². The lowest BCUT2D eigenvalue weighted by atomic mass is 9.86. The molecule has 1 aromatic carbocycles. The third kappa shape index (κ3) is 2.76. The number of hydrogen-bond donors (Lipinski definition) is 1. The van der Waals surface area contributed by atoms with Crippen molar-refractivity contribution in [3.05, 3.63) is 33.0 Å². The number of hydrogen-bond acceptors (Lipinski definition) is 1. The average molecular weight is 309 g/mol. The van der Waals surface area contributed by atoms with Gasteiger partial charge < -0.3 is 5.73 Å². The molecule has 90 valence electrons. The van der Waals surface area contributed by atoms with Gasteiger partial charge in [0.25, 0.3) is 0 Å². The summed E-state index contributed by atoms with van der Waals surface area (Å²) in [5.41, 5.74) is 6.53. The quantitative estimate of drug-likeness (QED) is 0.816. The van der Waals surface area contributed by atoms with Crippen LogP contribution in [-0.2, 0) is 0 Å². The fourth-order valence-electron chi connectivity index (χ4n) is 1.50. The first-order valence-corrected chi connectivity index (χ1v) is 6.42. The third-order valence-corrected chi connectivity index (χ3v) is 4.30. The second-order valence-corrected chi connectivity index (χ2v) is 5.63. The normalized spacial score (nSPS) is 15.2. The number of rotatable bonds is 3. The molecule has 4 heteroatoms. The Balaban J connectivity index is 3.10. The van der Waals surface area contributed by atoms with E-state index in [4.69, 9.17) is 17.3 Å². The molecular weight excluding hydrogens is 292 g/mol. The second-order valence-electron chi connectivity index (χ2n) is 4.39. The predicted molar refractivity (Wildman–Crippen MR) is 70.0 cm³/mol. The van der Waals surface area contributed by atoms with Crippen LogP contribution in [0.1, 0.15) is 32.4 Å². The zero-order chi connectivity index (χ0) is 12.5. The van der Waals surface area contributed by atoms with E-state index >= 15 is 0 Å². The summed E-state index contributed by atoms with van der Waals surface area (Å²) >= 11 is 9.02. The first-order valence-electron chi connectivity index (χ1n) is 5.25. The van der Waals surface area contributed by atoms with E-state index in [1.54, 1.807) is 12.1 Å². The van der Waals surface area contributed by atoms with Gasteiger partial charge in [0, 0.05) is 16.1 Å². The Morgan fingerprint density at radius 1 is 1.31 bits per heavy atom. The van der Waals surface area contributed by atoms with E-state index in [0.717, 1.165) is 0 Å². The van der Waals surface area contributed by atoms with Crippen molar-refractivity contribution < 1.29 is 4.39 Å². The Kier molecular flexibility index (Phi) is 4.77. The van der Waals surface area contributed by atoms with E-state index in [9.17, 15) is 4.39 Å². The molecule has 1 aromatic rings. The van der Waals surface area contributed by atoms with Gasteiger partial charge in [-0.25, -0.2) is 4.39 Å². The average Bonchev–Trinajstić information content (AvgIpc) is 2.24. The molecule has 0 heterocycles. The lowest BCUT2D eigenvalue weighted by molar-refractivity contribution is 0.345. The van der Waals surface area contributed by atoms with Gasteiger partial charge in [0.2, 0.25) is 0 Å². The van der Waals surface area contributed by atoms with Gasteiger partial charge in [-0.3, -0.25) is 0 Å². The number of benzene rings is 1. The molecule has 0 saturated carbocycles. The van der Waals surface area contributed by atoms with E-state index in [2.05, 4.69) is 29.8 Å². The summed E-state index contributed by atoms with van der Waals surface area (Å²) in [6.45, 7) is 6.16. The maximum absolute atomic E-state index is 13.9. The molecule has 2 atom stereocenters. The maximum Gasteiger partial charge on any atom is 0.147 e. The molecule has 1 nitrogen and oxygen atoms in total. The van der Waals surface area contributed by atoms with Crippen molar-refractivity contribution in [3.63, 3.8) is 0 Å². The lowest BCUT2D eigenvalue weighted by Crippen LogP contribution is -2.24. The van der Waals surface area contributed by atoms with Crippen LogP contribution in [0, 0.1) is 17.7 Å². The van der Waals surface area contributed by atoms with Gasteiger partial charge in [0.05, 0.1) is 5.02 Å². The van der Waals surface area contributed by atoms with Crippen molar-refractivity contribution in [2.45, 2.75) is 26.8 Å². The molecular formula is C12H16BrClFN. The van der Waals surface area contributed by atoms with E-state index in [-0.39, 0.29) is 17.0 Å². The van der Waals surface area contributed by atoms with Crippen LogP contribution in [0.4, 0.5) is 4.39 Å². The van der Waals surface area contributed by atoms with Crippen molar-refractivity contribution in [1.82, 2.24) is 0 Å². The van der Waals surface area contributed by atoms with Crippen LogP contribution in [0.5, 0.6) is 0 Å². The molecule has 0 aliphatic rings. The molecule has 0 aliphatic heterocycles. The van der Waals surface area contributed by atoms with Crippen LogP contribution >= 0.6 is 27.5 Å². The largest absolute Gasteiger partial charge is 0.324 e. The number of nitrogens with two attached hydrogens (primary N) is 1. The summed E-state index contributed by atoms with van der Waals surface area (Å²) in [6, 6.07) is 3.09. The van der Waals surface area contributed by atoms with Crippen LogP contribution < -0.4 is 5.73 Å². The minimum Gasteiger partial charge on any atom is -0.324 e. The Bertz CT molecular complexity index is 382. The van der Waals surface area contributed by atoms with Gasteiger partial charge in [-0.15, -0.1) is 0 Å². The molecule has 2 unspecified atom stereocenters. The van der Waals surface area contributed by atoms with Crippen LogP contribution in [0.15, 0.2) is 16.6 Å². The minimum absolute atomic E-state index is 0.101. The Labute approximate surface area is 109 Å². The van der Waals surface area contributed by atoms with E-state index in [1.807, 2.05) is 6.92 Å².